The number of ether oxygens (including phenoxy) is 1. The lowest BCUT2D eigenvalue weighted by atomic mass is 9.80. The van der Waals surface area contributed by atoms with Crippen LogP contribution in [0.1, 0.15) is 89.8 Å². The summed E-state index contributed by atoms with van der Waals surface area (Å²) in [5, 5.41) is 8.61. The van der Waals surface area contributed by atoms with E-state index in [4.69, 9.17) is 16.2 Å². The summed E-state index contributed by atoms with van der Waals surface area (Å²) in [7, 11) is 0. The maximum Gasteiger partial charge on any atom is 0.435 e. The third kappa shape index (κ3) is 8.64. The molecule has 11 nitrogen and oxygen atoms in total. The number of pyridine rings is 1. The van der Waals surface area contributed by atoms with Crippen LogP contribution in [0.3, 0.4) is 0 Å². The normalized spacial score (nSPS) is 14.5. The molecule has 1 fully saturated rings. The minimum Gasteiger partial charge on any atom is -0.444 e. The van der Waals surface area contributed by atoms with E-state index in [0.29, 0.717) is 35.1 Å². The molecule has 2 heterocycles. The highest BCUT2D eigenvalue weighted by Crippen LogP contribution is 2.40. The van der Waals surface area contributed by atoms with E-state index in [1.807, 2.05) is 0 Å². The molecular weight excluding hydrogens is 658 g/mol. The van der Waals surface area contributed by atoms with E-state index in [9.17, 15) is 27.6 Å². The molecule has 1 aliphatic carbocycles. The van der Waals surface area contributed by atoms with Gasteiger partial charge in [-0.1, -0.05) is 37.1 Å². The lowest BCUT2D eigenvalue weighted by molar-refractivity contribution is -0.141. The van der Waals surface area contributed by atoms with Gasteiger partial charge in [-0.3, -0.25) is 14.6 Å². The lowest BCUT2D eigenvalue weighted by Gasteiger charge is -2.31. The topological polar surface area (TPSA) is 167 Å². The summed E-state index contributed by atoms with van der Waals surface area (Å²) < 4.78 is 62.8. The van der Waals surface area contributed by atoms with Crippen molar-refractivity contribution in [2.24, 2.45) is 17.4 Å². The van der Waals surface area contributed by atoms with Crippen LogP contribution >= 0.6 is 0 Å². The van der Waals surface area contributed by atoms with Crippen molar-refractivity contribution >= 4 is 23.6 Å². The van der Waals surface area contributed by atoms with Crippen LogP contribution in [0, 0.1) is 11.7 Å². The number of carbonyl (C=O) groups excluding carboxylic acids is 3. The highest BCUT2D eigenvalue weighted by molar-refractivity contribution is 6.03. The van der Waals surface area contributed by atoms with Crippen molar-refractivity contribution in [3.63, 3.8) is 0 Å². The minimum atomic E-state index is -4.90. The third-order valence-corrected chi connectivity index (χ3v) is 8.13. The van der Waals surface area contributed by atoms with Crippen LogP contribution in [0.5, 0.6) is 0 Å². The molecule has 50 heavy (non-hydrogen) atoms. The Bertz CT molecular complexity index is 1900. The van der Waals surface area contributed by atoms with E-state index >= 15 is 4.39 Å². The molecule has 5 rings (SSSR count). The molecule has 0 saturated heterocycles. The molecule has 1 unspecified atom stereocenters. The van der Waals surface area contributed by atoms with Crippen LogP contribution in [0.2, 0.25) is 0 Å². The third-order valence-electron chi connectivity index (χ3n) is 8.13. The van der Waals surface area contributed by atoms with Gasteiger partial charge in [0.15, 0.2) is 5.69 Å². The van der Waals surface area contributed by atoms with Gasteiger partial charge in [-0.05, 0) is 86.6 Å². The van der Waals surface area contributed by atoms with E-state index in [1.165, 1.54) is 42.6 Å². The zero-order valence-corrected chi connectivity index (χ0v) is 27.6. The summed E-state index contributed by atoms with van der Waals surface area (Å²) in [5.74, 6) is -2.17. The van der Waals surface area contributed by atoms with Gasteiger partial charge in [-0.2, -0.15) is 18.3 Å². The van der Waals surface area contributed by atoms with Gasteiger partial charge in [0.1, 0.15) is 22.8 Å². The summed E-state index contributed by atoms with van der Waals surface area (Å²) in [6, 6.07) is 13.5. The van der Waals surface area contributed by atoms with E-state index in [0.717, 1.165) is 30.0 Å². The summed E-state index contributed by atoms with van der Waals surface area (Å²) >= 11 is 0. The Kier molecular flexibility index (Phi) is 10.0. The Hall–Kier alpha value is -5.31. The molecule has 1 atom stereocenters. The van der Waals surface area contributed by atoms with Gasteiger partial charge in [0.2, 0.25) is 0 Å². The van der Waals surface area contributed by atoms with Gasteiger partial charge in [-0.25, -0.2) is 13.9 Å². The number of rotatable bonds is 11. The van der Waals surface area contributed by atoms with Crippen molar-refractivity contribution in [2.75, 3.05) is 5.32 Å². The summed E-state index contributed by atoms with van der Waals surface area (Å²) in [5.41, 5.74) is 9.66. The fourth-order valence-electron chi connectivity index (χ4n) is 5.35. The van der Waals surface area contributed by atoms with E-state index in [-0.39, 0.29) is 23.6 Å². The standard InChI is InChI=1S/C35H37F4N7O4/c1-33(2,3)50-32(49)43-18-21-5-4-6-24(15-21)46-28(17-29(45-46)35(37,38)39)31(48)44-27-16-22(9-11-25(27)36)34(41,14-13-20-7-8-20)23-10-12-26(30(40)47)42-19-23/h4-6,9-12,15-17,19-20H,7-8,13-14,18,41H2,1-3H3,(H2,40,47)(H,43,49)(H,44,48). The van der Waals surface area contributed by atoms with Crippen LogP contribution < -0.4 is 22.1 Å². The second-order valence-corrected chi connectivity index (χ2v) is 13.2. The number of amides is 3. The molecule has 15 heteroatoms. The first-order valence-electron chi connectivity index (χ1n) is 15.8. The monoisotopic (exact) mass is 695 g/mol. The summed E-state index contributed by atoms with van der Waals surface area (Å²) in [4.78, 5) is 41.5. The van der Waals surface area contributed by atoms with Crippen LogP contribution in [0.25, 0.3) is 5.69 Å². The van der Waals surface area contributed by atoms with Gasteiger partial charge in [0.05, 0.1) is 16.9 Å². The van der Waals surface area contributed by atoms with E-state index in [1.54, 1.807) is 32.9 Å². The molecule has 0 radical (unpaired) electrons. The Morgan fingerprint density at radius 3 is 2.34 bits per heavy atom. The molecule has 2 aromatic carbocycles. The number of aromatic nitrogens is 3. The Balaban J connectivity index is 1.46. The zero-order chi connectivity index (χ0) is 36.4. The average Bonchev–Trinajstić information content (AvgIpc) is 3.76. The van der Waals surface area contributed by atoms with Gasteiger partial charge in [-0.15, -0.1) is 0 Å². The zero-order valence-electron chi connectivity index (χ0n) is 27.6. The second-order valence-electron chi connectivity index (χ2n) is 13.2. The van der Waals surface area contributed by atoms with E-state index in [2.05, 4.69) is 20.7 Å². The van der Waals surface area contributed by atoms with Crippen LogP contribution in [-0.2, 0) is 23.0 Å². The molecule has 2 aromatic heterocycles. The predicted octanol–water partition coefficient (Wildman–Crippen LogP) is 6.19. The molecule has 3 amide bonds. The van der Waals surface area contributed by atoms with Gasteiger partial charge >= 0.3 is 12.3 Å². The van der Waals surface area contributed by atoms with Crippen molar-refractivity contribution in [2.45, 2.75) is 70.3 Å². The fourth-order valence-corrected chi connectivity index (χ4v) is 5.35. The number of nitrogens with two attached hydrogens (primary N) is 2. The molecule has 0 bridgehead atoms. The van der Waals surface area contributed by atoms with Crippen LogP contribution in [0.4, 0.5) is 28.0 Å². The van der Waals surface area contributed by atoms with Crippen LogP contribution in [0.15, 0.2) is 66.9 Å². The molecule has 4 aromatic rings. The predicted molar refractivity (Wildman–Crippen MR) is 176 cm³/mol. The number of hydrogen-bond acceptors (Lipinski definition) is 7. The summed E-state index contributed by atoms with van der Waals surface area (Å²) in [6.45, 7) is 5.06. The molecule has 1 aliphatic rings. The first-order chi connectivity index (χ1) is 23.4. The number of anilines is 1. The van der Waals surface area contributed by atoms with Crippen molar-refractivity contribution in [3.8, 4) is 5.69 Å². The molecule has 6 N–H and O–H groups in total. The average molecular weight is 696 g/mol. The minimum absolute atomic E-state index is 0.0297. The molecule has 1 saturated carbocycles. The number of hydrogen-bond donors (Lipinski definition) is 4. The number of primary amides is 1. The van der Waals surface area contributed by atoms with Gasteiger partial charge in [0.25, 0.3) is 11.8 Å². The molecule has 0 spiro atoms. The molecule has 0 aliphatic heterocycles. The van der Waals surface area contributed by atoms with Gasteiger partial charge < -0.3 is 26.8 Å². The first-order valence-corrected chi connectivity index (χ1v) is 15.8. The van der Waals surface area contributed by atoms with E-state index < -0.39 is 52.4 Å². The number of nitrogens with one attached hydrogen (secondary N) is 2. The quantitative estimate of drug-likeness (QED) is 0.136. The Morgan fingerprint density at radius 1 is 1.00 bits per heavy atom. The first kappa shape index (κ1) is 36.0. The lowest BCUT2D eigenvalue weighted by Crippen LogP contribution is -2.38. The fraction of sp³-hybridized carbons (Fsp3) is 0.343. The smallest absolute Gasteiger partial charge is 0.435 e. The van der Waals surface area contributed by atoms with Crippen LogP contribution in [-0.4, -0.2) is 38.3 Å². The van der Waals surface area contributed by atoms with Crippen molar-refractivity contribution in [1.29, 1.82) is 0 Å². The SMILES string of the molecule is CC(C)(C)OC(=O)NCc1cccc(-n2nc(C(F)(F)F)cc2C(=O)Nc2cc(C(N)(CCC3CC3)c3ccc(C(N)=O)nc3)ccc2F)c1. The number of alkyl halides is 3. The molecular formula is C35H37F4N7O4. The second kappa shape index (κ2) is 13.9. The van der Waals surface area contributed by atoms with Crippen molar-refractivity contribution < 1.29 is 36.7 Å². The number of alkyl carbamates (subject to hydrolysis) is 1. The highest BCUT2D eigenvalue weighted by atomic mass is 19.4. The highest BCUT2D eigenvalue weighted by Gasteiger charge is 2.37. The number of halogens is 4. The number of nitrogens with zero attached hydrogens (tertiary/aromatic N) is 3. The maximum atomic E-state index is 15.3. The van der Waals surface area contributed by atoms with Crippen molar-refractivity contribution in [3.05, 3.63) is 106 Å². The van der Waals surface area contributed by atoms with Gasteiger partial charge in [0, 0.05) is 18.8 Å². The summed E-state index contributed by atoms with van der Waals surface area (Å²) in [6.07, 6.45) is -0.900. The largest absolute Gasteiger partial charge is 0.444 e. The number of benzene rings is 2. The Morgan fingerprint density at radius 2 is 1.72 bits per heavy atom. The Labute approximate surface area is 285 Å². The maximum absolute atomic E-state index is 15.3. The molecule has 264 valence electrons. The van der Waals surface area contributed by atoms with Crippen molar-refractivity contribution in [1.82, 2.24) is 20.1 Å². The number of carbonyl (C=O) groups is 3.